The van der Waals surface area contributed by atoms with E-state index in [-0.39, 0.29) is 28.6 Å². The largest absolute Gasteiger partial charge is 0.306 e. The Hall–Kier alpha value is -3.14. The Morgan fingerprint density at radius 2 is 1.71 bits per heavy atom. The first kappa shape index (κ1) is 18.2. The molecule has 0 saturated carbocycles. The summed E-state index contributed by atoms with van der Waals surface area (Å²) in [6.45, 7) is 0. The maximum atomic E-state index is 13.4. The molecule has 0 aliphatic carbocycles. The topological polar surface area (TPSA) is 81.1 Å². The number of carbonyl (C=O) groups excluding carboxylic acids is 1. The van der Waals surface area contributed by atoms with Crippen LogP contribution in [0.15, 0.2) is 42.5 Å². The average Bonchev–Trinajstić information content (AvgIpc) is 3.10. The predicted molar refractivity (Wildman–Crippen MR) is 94.2 cm³/mol. The highest BCUT2D eigenvalue weighted by Gasteiger charge is 2.33. The molecular formula is C18H12F3N3O3S. The van der Waals surface area contributed by atoms with Crippen molar-refractivity contribution in [1.29, 1.82) is 0 Å². The van der Waals surface area contributed by atoms with Crippen LogP contribution in [0.3, 0.4) is 0 Å². The lowest BCUT2D eigenvalue weighted by Crippen LogP contribution is -2.17. The minimum absolute atomic E-state index is 0.0809. The zero-order valence-electron chi connectivity index (χ0n) is 14.1. The predicted octanol–water partition coefficient (Wildman–Crippen LogP) is 2.97. The molecule has 28 heavy (non-hydrogen) atoms. The van der Waals surface area contributed by atoms with Crippen molar-refractivity contribution in [1.82, 2.24) is 9.78 Å². The highest BCUT2D eigenvalue weighted by Crippen LogP contribution is 2.33. The summed E-state index contributed by atoms with van der Waals surface area (Å²) in [5, 5.41) is 6.75. The van der Waals surface area contributed by atoms with E-state index >= 15 is 0 Å². The summed E-state index contributed by atoms with van der Waals surface area (Å²) in [6, 6.07) is 7.87. The Labute approximate surface area is 157 Å². The van der Waals surface area contributed by atoms with Gasteiger partial charge < -0.3 is 5.32 Å². The number of hydrogen-bond donors (Lipinski definition) is 1. The van der Waals surface area contributed by atoms with Crippen LogP contribution in [0.5, 0.6) is 0 Å². The molecule has 1 aliphatic heterocycles. The fourth-order valence-electron chi connectivity index (χ4n) is 2.96. The van der Waals surface area contributed by atoms with Gasteiger partial charge in [0.15, 0.2) is 21.5 Å². The van der Waals surface area contributed by atoms with Crippen LogP contribution in [0.1, 0.15) is 21.6 Å². The van der Waals surface area contributed by atoms with Crippen molar-refractivity contribution in [2.45, 2.75) is 11.5 Å². The van der Waals surface area contributed by atoms with Gasteiger partial charge >= 0.3 is 0 Å². The first-order chi connectivity index (χ1) is 13.2. The molecule has 10 heteroatoms. The summed E-state index contributed by atoms with van der Waals surface area (Å²) in [4.78, 5) is 12.5. The molecule has 0 unspecified atom stereocenters. The molecule has 6 nitrogen and oxygen atoms in total. The van der Waals surface area contributed by atoms with Gasteiger partial charge in [0, 0.05) is 11.1 Å². The van der Waals surface area contributed by atoms with Crippen LogP contribution in [0.4, 0.5) is 19.0 Å². The SMILES string of the molecule is O=C(Nc1c2c(nn1-c1ccc(F)cc1)CS(=O)(=O)C2)c1ccc(F)c(F)c1. The molecule has 1 N–H and O–H groups in total. The van der Waals surface area contributed by atoms with Crippen molar-refractivity contribution in [2.24, 2.45) is 0 Å². The summed E-state index contributed by atoms with van der Waals surface area (Å²) in [6.07, 6.45) is 0. The van der Waals surface area contributed by atoms with Crippen LogP contribution in [-0.2, 0) is 21.3 Å². The van der Waals surface area contributed by atoms with Crippen LogP contribution in [0.2, 0.25) is 0 Å². The van der Waals surface area contributed by atoms with E-state index in [9.17, 15) is 26.4 Å². The van der Waals surface area contributed by atoms with Crippen LogP contribution in [0, 0.1) is 17.5 Å². The van der Waals surface area contributed by atoms with Crippen LogP contribution in [0.25, 0.3) is 5.69 Å². The molecule has 0 atom stereocenters. The lowest BCUT2D eigenvalue weighted by atomic mass is 10.2. The van der Waals surface area contributed by atoms with Gasteiger partial charge in [-0.05, 0) is 42.5 Å². The fraction of sp³-hybridized carbons (Fsp3) is 0.111. The third-order valence-electron chi connectivity index (χ3n) is 4.27. The third kappa shape index (κ3) is 3.26. The van der Waals surface area contributed by atoms with E-state index in [0.717, 1.165) is 18.2 Å². The first-order valence-electron chi connectivity index (χ1n) is 8.07. The smallest absolute Gasteiger partial charge is 0.256 e. The van der Waals surface area contributed by atoms with Gasteiger partial charge in [-0.25, -0.2) is 26.3 Å². The second kappa shape index (κ2) is 6.48. The summed E-state index contributed by atoms with van der Waals surface area (Å²) in [5.41, 5.74) is 0.819. The summed E-state index contributed by atoms with van der Waals surface area (Å²) >= 11 is 0. The zero-order chi connectivity index (χ0) is 20.1. The van der Waals surface area contributed by atoms with Gasteiger partial charge in [-0.15, -0.1) is 0 Å². The van der Waals surface area contributed by atoms with Crippen molar-refractivity contribution in [2.75, 3.05) is 5.32 Å². The molecule has 0 saturated heterocycles. The Morgan fingerprint density at radius 3 is 2.39 bits per heavy atom. The van der Waals surface area contributed by atoms with E-state index in [2.05, 4.69) is 10.4 Å². The number of sulfone groups is 1. The number of halogens is 3. The monoisotopic (exact) mass is 407 g/mol. The van der Waals surface area contributed by atoms with Crippen LogP contribution in [-0.4, -0.2) is 24.1 Å². The number of rotatable bonds is 3. The molecule has 144 valence electrons. The molecule has 1 aliphatic rings. The maximum absolute atomic E-state index is 13.4. The van der Waals surface area contributed by atoms with Crippen molar-refractivity contribution in [3.05, 3.63) is 76.7 Å². The van der Waals surface area contributed by atoms with E-state index in [1.165, 1.54) is 28.9 Å². The normalized spacial score (nSPS) is 14.7. The maximum Gasteiger partial charge on any atom is 0.256 e. The van der Waals surface area contributed by atoms with Gasteiger partial charge in [0.25, 0.3) is 5.91 Å². The number of aromatic nitrogens is 2. The van der Waals surface area contributed by atoms with Crippen molar-refractivity contribution in [3.8, 4) is 5.69 Å². The van der Waals surface area contributed by atoms with E-state index in [4.69, 9.17) is 0 Å². The lowest BCUT2D eigenvalue weighted by molar-refractivity contribution is 0.102. The second-order valence-electron chi connectivity index (χ2n) is 6.28. The number of benzene rings is 2. The van der Waals surface area contributed by atoms with Crippen molar-refractivity contribution >= 4 is 21.6 Å². The van der Waals surface area contributed by atoms with E-state index in [1.54, 1.807) is 0 Å². The summed E-state index contributed by atoms with van der Waals surface area (Å²) in [5.74, 6) is -4.06. The number of amides is 1. The highest BCUT2D eigenvalue weighted by molar-refractivity contribution is 7.90. The zero-order valence-corrected chi connectivity index (χ0v) is 14.9. The Balaban J connectivity index is 1.77. The van der Waals surface area contributed by atoms with E-state index in [0.29, 0.717) is 11.3 Å². The van der Waals surface area contributed by atoms with Gasteiger partial charge in [-0.3, -0.25) is 4.79 Å². The highest BCUT2D eigenvalue weighted by atomic mass is 32.2. The Bertz CT molecular complexity index is 1200. The quantitative estimate of drug-likeness (QED) is 0.724. The van der Waals surface area contributed by atoms with Gasteiger partial charge in [0.1, 0.15) is 11.6 Å². The van der Waals surface area contributed by atoms with Gasteiger partial charge in [-0.1, -0.05) is 0 Å². The number of nitrogens with zero attached hydrogens (tertiary/aromatic N) is 2. The molecule has 1 amide bonds. The first-order valence-corrected chi connectivity index (χ1v) is 9.89. The molecule has 4 rings (SSSR count). The van der Waals surface area contributed by atoms with Gasteiger partial charge in [0.05, 0.1) is 22.9 Å². The van der Waals surface area contributed by atoms with Crippen LogP contribution >= 0.6 is 0 Å². The molecule has 0 bridgehead atoms. The molecule has 1 aromatic heterocycles. The molecule has 2 aromatic carbocycles. The number of anilines is 1. The van der Waals surface area contributed by atoms with Crippen LogP contribution < -0.4 is 5.32 Å². The number of nitrogens with one attached hydrogen (secondary N) is 1. The lowest BCUT2D eigenvalue weighted by Gasteiger charge is -2.11. The molecule has 0 spiro atoms. The number of carbonyl (C=O) groups is 1. The van der Waals surface area contributed by atoms with Crippen molar-refractivity contribution < 1.29 is 26.4 Å². The second-order valence-corrected chi connectivity index (χ2v) is 8.34. The third-order valence-corrected chi connectivity index (χ3v) is 5.71. The minimum atomic E-state index is -3.40. The Kier molecular flexibility index (Phi) is 4.22. The molecular weight excluding hydrogens is 395 g/mol. The van der Waals surface area contributed by atoms with Gasteiger partial charge in [-0.2, -0.15) is 5.10 Å². The molecule has 0 radical (unpaired) electrons. The fourth-order valence-corrected chi connectivity index (χ4v) is 4.45. The Morgan fingerprint density at radius 1 is 1.00 bits per heavy atom. The number of hydrogen-bond acceptors (Lipinski definition) is 4. The van der Waals surface area contributed by atoms with Gasteiger partial charge in [0.2, 0.25) is 0 Å². The standard InChI is InChI=1S/C18H12F3N3O3S/c19-11-2-4-12(5-3-11)24-17(13-8-28(26,27)9-16(13)23-24)22-18(25)10-1-6-14(20)15(21)7-10/h1-7H,8-9H2,(H,22,25). The molecule has 2 heterocycles. The number of fused-ring (bicyclic) bond motifs is 1. The minimum Gasteiger partial charge on any atom is -0.306 e. The molecule has 3 aromatic rings. The average molecular weight is 407 g/mol. The summed E-state index contributed by atoms with van der Waals surface area (Å²) < 4.78 is 64.9. The van der Waals surface area contributed by atoms with Crippen molar-refractivity contribution in [3.63, 3.8) is 0 Å². The van der Waals surface area contributed by atoms with E-state index in [1.807, 2.05) is 0 Å². The molecule has 0 fully saturated rings. The summed E-state index contributed by atoms with van der Waals surface area (Å²) in [7, 11) is -3.40. The van der Waals surface area contributed by atoms with E-state index < -0.39 is 33.2 Å².